The van der Waals surface area contributed by atoms with Crippen LogP contribution in [-0.2, 0) is 9.53 Å². The summed E-state index contributed by atoms with van der Waals surface area (Å²) in [6.07, 6.45) is -0.171. The highest BCUT2D eigenvalue weighted by atomic mass is 32.1. The molecule has 0 spiro atoms. The van der Waals surface area contributed by atoms with E-state index in [1.807, 2.05) is 0 Å². The molecule has 0 bridgehead atoms. The first kappa shape index (κ1) is 19.2. The molecule has 9 heteroatoms. The minimum Gasteiger partial charge on any atom is -0.481 e. The zero-order valence-electron chi connectivity index (χ0n) is 14.1. The normalized spacial score (nSPS) is 17.1. The fourth-order valence-corrected chi connectivity index (χ4v) is 3.81. The monoisotopic (exact) mass is 397 g/mol. The summed E-state index contributed by atoms with van der Waals surface area (Å²) < 4.78 is 34.0. The van der Waals surface area contributed by atoms with Crippen molar-refractivity contribution in [1.82, 2.24) is 4.90 Å². The number of morpholine rings is 1. The van der Waals surface area contributed by atoms with Crippen LogP contribution in [0.5, 0.6) is 5.75 Å². The van der Waals surface area contributed by atoms with Gasteiger partial charge in [-0.05, 0) is 42.0 Å². The zero-order chi connectivity index (χ0) is 19.4. The molecule has 6 nitrogen and oxygen atoms in total. The quantitative estimate of drug-likeness (QED) is 0.809. The molecular weight excluding hydrogens is 380 g/mol. The maximum atomic E-state index is 12.8. The topological polar surface area (TPSA) is 76.1 Å². The van der Waals surface area contributed by atoms with Crippen LogP contribution in [0.4, 0.5) is 8.78 Å². The number of rotatable bonds is 6. The lowest BCUT2D eigenvalue weighted by atomic mass is 10.1. The molecule has 27 heavy (non-hydrogen) atoms. The fraction of sp³-hybridized carbons (Fsp3) is 0.333. The SMILES string of the molecule is O=C(O)CC1COCCN1C(=O)c1ccc(-c2ccc(OC(F)F)cc2)s1. The maximum absolute atomic E-state index is 12.8. The summed E-state index contributed by atoms with van der Waals surface area (Å²) in [5.74, 6) is -1.16. The van der Waals surface area contributed by atoms with Crippen LogP contribution in [0.3, 0.4) is 0 Å². The minimum atomic E-state index is -2.88. The molecule has 0 radical (unpaired) electrons. The van der Waals surface area contributed by atoms with E-state index >= 15 is 0 Å². The van der Waals surface area contributed by atoms with Crippen LogP contribution in [0.1, 0.15) is 16.1 Å². The lowest BCUT2D eigenvalue weighted by Crippen LogP contribution is -2.49. The van der Waals surface area contributed by atoms with Crippen LogP contribution in [0.15, 0.2) is 36.4 Å². The van der Waals surface area contributed by atoms with Crippen molar-refractivity contribution >= 4 is 23.2 Å². The Kier molecular flexibility index (Phi) is 6.02. The zero-order valence-corrected chi connectivity index (χ0v) is 15.0. The van der Waals surface area contributed by atoms with E-state index in [4.69, 9.17) is 9.84 Å². The molecule has 1 aromatic heterocycles. The average Bonchev–Trinajstić information content (AvgIpc) is 3.11. The summed E-state index contributed by atoms with van der Waals surface area (Å²) in [4.78, 5) is 26.6. The van der Waals surface area contributed by atoms with Crippen molar-refractivity contribution in [3.63, 3.8) is 0 Å². The molecule has 1 N–H and O–H groups in total. The number of alkyl halides is 2. The number of hydrogen-bond donors (Lipinski definition) is 1. The van der Waals surface area contributed by atoms with Gasteiger partial charge in [0.15, 0.2) is 0 Å². The number of hydrogen-bond acceptors (Lipinski definition) is 5. The van der Waals surface area contributed by atoms with Crippen LogP contribution in [0, 0.1) is 0 Å². The van der Waals surface area contributed by atoms with E-state index < -0.39 is 18.6 Å². The van der Waals surface area contributed by atoms with Crippen LogP contribution in [0.25, 0.3) is 10.4 Å². The van der Waals surface area contributed by atoms with Crippen molar-refractivity contribution in [2.45, 2.75) is 19.1 Å². The number of carboxylic acids is 1. The van der Waals surface area contributed by atoms with Crippen molar-refractivity contribution in [2.24, 2.45) is 0 Å². The second-order valence-corrected chi connectivity index (χ2v) is 6.98. The molecule has 1 aliphatic heterocycles. The van der Waals surface area contributed by atoms with Gasteiger partial charge in [-0.1, -0.05) is 0 Å². The van der Waals surface area contributed by atoms with Gasteiger partial charge in [0.25, 0.3) is 5.91 Å². The Morgan fingerprint density at radius 3 is 2.67 bits per heavy atom. The molecule has 0 saturated carbocycles. The summed E-state index contributed by atoms with van der Waals surface area (Å²) in [5.41, 5.74) is 0.768. The molecule has 0 aliphatic carbocycles. The molecule has 2 heterocycles. The summed E-state index contributed by atoms with van der Waals surface area (Å²) in [6, 6.07) is 9.10. The Balaban J connectivity index is 1.74. The third-order valence-electron chi connectivity index (χ3n) is 4.08. The van der Waals surface area contributed by atoms with Gasteiger partial charge in [-0.3, -0.25) is 9.59 Å². The van der Waals surface area contributed by atoms with E-state index in [0.29, 0.717) is 18.0 Å². The predicted octanol–water partition coefficient (Wildman–Crippen LogP) is 3.33. The number of benzene rings is 1. The first-order chi connectivity index (χ1) is 12.9. The number of thiophene rings is 1. The highest BCUT2D eigenvalue weighted by Crippen LogP contribution is 2.31. The van der Waals surface area contributed by atoms with E-state index in [-0.39, 0.29) is 24.7 Å². The van der Waals surface area contributed by atoms with Crippen LogP contribution >= 0.6 is 11.3 Å². The third-order valence-corrected chi connectivity index (χ3v) is 5.20. The molecule has 1 aliphatic rings. The van der Waals surface area contributed by atoms with Gasteiger partial charge in [0.2, 0.25) is 0 Å². The molecule has 1 aromatic carbocycles. The summed E-state index contributed by atoms with van der Waals surface area (Å²) in [7, 11) is 0. The van der Waals surface area contributed by atoms with Crippen LogP contribution in [0.2, 0.25) is 0 Å². The number of carbonyl (C=O) groups excluding carboxylic acids is 1. The highest BCUT2D eigenvalue weighted by molar-refractivity contribution is 7.17. The molecule has 1 fully saturated rings. The molecular formula is C18H17F2NO5S. The van der Waals surface area contributed by atoms with Crippen molar-refractivity contribution < 1.29 is 33.0 Å². The smallest absolute Gasteiger partial charge is 0.387 e. The lowest BCUT2D eigenvalue weighted by molar-refractivity contribution is -0.139. The van der Waals surface area contributed by atoms with E-state index in [0.717, 1.165) is 10.4 Å². The number of carbonyl (C=O) groups is 2. The van der Waals surface area contributed by atoms with Crippen LogP contribution < -0.4 is 4.74 Å². The molecule has 3 rings (SSSR count). The van der Waals surface area contributed by atoms with E-state index in [1.54, 1.807) is 24.3 Å². The third kappa shape index (κ3) is 4.81. The largest absolute Gasteiger partial charge is 0.481 e. The van der Waals surface area contributed by atoms with Gasteiger partial charge in [-0.25, -0.2) is 0 Å². The second-order valence-electron chi connectivity index (χ2n) is 5.89. The fourth-order valence-electron chi connectivity index (χ4n) is 2.84. The van der Waals surface area contributed by atoms with Gasteiger partial charge in [0, 0.05) is 11.4 Å². The predicted molar refractivity (Wildman–Crippen MR) is 94.3 cm³/mol. The number of amides is 1. The van der Waals surface area contributed by atoms with Crippen molar-refractivity contribution in [1.29, 1.82) is 0 Å². The Morgan fingerprint density at radius 2 is 2.00 bits per heavy atom. The summed E-state index contributed by atoms with van der Waals surface area (Å²) in [6.45, 7) is -1.98. The molecule has 1 amide bonds. The first-order valence-electron chi connectivity index (χ1n) is 8.19. The molecule has 1 unspecified atom stereocenters. The Bertz CT molecular complexity index is 808. The Hall–Kier alpha value is -2.52. The number of carboxylic acid groups (broad SMARTS) is 1. The summed E-state index contributed by atoms with van der Waals surface area (Å²) >= 11 is 1.26. The number of aliphatic carboxylic acids is 1. The van der Waals surface area contributed by atoms with Gasteiger partial charge in [0.05, 0.1) is 30.6 Å². The van der Waals surface area contributed by atoms with Gasteiger partial charge in [0.1, 0.15) is 5.75 Å². The summed E-state index contributed by atoms with van der Waals surface area (Å²) in [5, 5.41) is 9.02. The van der Waals surface area contributed by atoms with E-state index in [2.05, 4.69) is 4.74 Å². The Labute approximate surface area is 157 Å². The number of halogens is 2. The van der Waals surface area contributed by atoms with Crippen LogP contribution in [-0.4, -0.2) is 54.3 Å². The molecule has 144 valence electrons. The maximum Gasteiger partial charge on any atom is 0.387 e. The minimum absolute atomic E-state index is 0.0615. The van der Waals surface area contributed by atoms with E-state index in [1.165, 1.54) is 28.4 Å². The lowest BCUT2D eigenvalue weighted by Gasteiger charge is -2.34. The highest BCUT2D eigenvalue weighted by Gasteiger charge is 2.30. The van der Waals surface area contributed by atoms with Gasteiger partial charge >= 0.3 is 12.6 Å². The molecule has 2 aromatic rings. The Morgan fingerprint density at radius 1 is 1.26 bits per heavy atom. The van der Waals surface area contributed by atoms with E-state index in [9.17, 15) is 18.4 Å². The first-order valence-corrected chi connectivity index (χ1v) is 9.01. The molecule has 1 atom stereocenters. The van der Waals surface area contributed by atoms with Crippen molar-refractivity contribution in [3.8, 4) is 16.2 Å². The van der Waals surface area contributed by atoms with Gasteiger partial charge in [-0.2, -0.15) is 8.78 Å². The molecule has 1 saturated heterocycles. The van der Waals surface area contributed by atoms with Crippen molar-refractivity contribution in [2.75, 3.05) is 19.8 Å². The number of ether oxygens (including phenoxy) is 2. The van der Waals surface area contributed by atoms with Gasteiger partial charge in [-0.15, -0.1) is 11.3 Å². The standard InChI is InChI=1S/C18H17F2NO5S/c19-18(20)26-13-3-1-11(2-4-13)14-5-6-15(27-14)17(24)21-7-8-25-10-12(21)9-16(22)23/h1-6,12,18H,7-10H2,(H,22,23). The number of nitrogens with zero attached hydrogens (tertiary/aromatic N) is 1. The second kappa shape index (κ2) is 8.45. The van der Waals surface area contributed by atoms with Crippen molar-refractivity contribution in [3.05, 3.63) is 41.3 Å². The average molecular weight is 397 g/mol. The van der Waals surface area contributed by atoms with Gasteiger partial charge < -0.3 is 19.5 Å².